The van der Waals surface area contributed by atoms with Crippen molar-refractivity contribution in [1.82, 2.24) is 5.32 Å². The van der Waals surface area contributed by atoms with Crippen LogP contribution in [0.4, 0.5) is 13.2 Å². The molecular weight excluding hydrogens is 275 g/mol. The Morgan fingerprint density at radius 2 is 1.29 bits per heavy atom. The molecule has 112 valence electrons. The van der Waals surface area contributed by atoms with Gasteiger partial charge in [-0.05, 0) is 18.1 Å². The van der Waals surface area contributed by atoms with Crippen molar-refractivity contribution < 1.29 is 13.2 Å². The molecule has 0 amide bonds. The third-order valence-corrected chi connectivity index (χ3v) is 3.44. The summed E-state index contributed by atoms with van der Waals surface area (Å²) in [7, 11) is 0. The van der Waals surface area contributed by atoms with Crippen LogP contribution < -0.4 is 5.32 Å². The number of alkyl halides is 3. The first-order chi connectivity index (χ1) is 9.97. The molecule has 1 nitrogen and oxygen atoms in total. The molecule has 0 spiro atoms. The number of hydrogen-bond donors (Lipinski definition) is 1. The van der Waals surface area contributed by atoms with Crippen molar-refractivity contribution in [2.24, 2.45) is 0 Å². The zero-order chi connectivity index (χ0) is 15.3. The molecule has 1 unspecified atom stereocenters. The van der Waals surface area contributed by atoms with Crippen LogP contribution in [0.15, 0.2) is 60.7 Å². The van der Waals surface area contributed by atoms with Gasteiger partial charge in [-0.25, -0.2) is 0 Å². The minimum absolute atomic E-state index is 0.116. The van der Waals surface area contributed by atoms with Gasteiger partial charge in [-0.2, -0.15) is 13.2 Å². The Labute approximate surface area is 122 Å². The van der Waals surface area contributed by atoms with Crippen molar-refractivity contribution in [2.45, 2.75) is 25.1 Å². The molecule has 4 heteroatoms. The van der Waals surface area contributed by atoms with Crippen LogP contribution in [-0.2, 0) is 0 Å². The fraction of sp³-hybridized carbons (Fsp3) is 0.294. The fourth-order valence-corrected chi connectivity index (χ4v) is 2.49. The average Bonchev–Trinajstić information content (AvgIpc) is 2.47. The van der Waals surface area contributed by atoms with E-state index in [1.807, 2.05) is 60.7 Å². The van der Waals surface area contributed by atoms with E-state index < -0.39 is 12.7 Å². The van der Waals surface area contributed by atoms with Gasteiger partial charge in [0.25, 0.3) is 0 Å². The Balaban J connectivity index is 2.25. The quantitative estimate of drug-likeness (QED) is 0.863. The second kappa shape index (κ2) is 6.76. The molecule has 0 aliphatic rings. The summed E-state index contributed by atoms with van der Waals surface area (Å²) in [5, 5.41) is 2.59. The van der Waals surface area contributed by atoms with E-state index in [0.717, 1.165) is 11.1 Å². The highest BCUT2D eigenvalue weighted by Crippen LogP contribution is 2.28. The Morgan fingerprint density at radius 1 is 0.857 bits per heavy atom. The molecular formula is C17H18F3N. The highest BCUT2D eigenvalue weighted by Gasteiger charge is 2.29. The van der Waals surface area contributed by atoms with E-state index in [0.29, 0.717) is 0 Å². The Bertz CT molecular complexity index is 497. The van der Waals surface area contributed by atoms with Crippen molar-refractivity contribution in [2.75, 3.05) is 6.54 Å². The van der Waals surface area contributed by atoms with Gasteiger partial charge in [-0.15, -0.1) is 0 Å². The third kappa shape index (κ3) is 4.60. The lowest BCUT2D eigenvalue weighted by Gasteiger charge is -2.26. The first-order valence-electron chi connectivity index (χ1n) is 6.87. The summed E-state index contributed by atoms with van der Waals surface area (Å²) in [6.45, 7) is 0.806. The van der Waals surface area contributed by atoms with Gasteiger partial charge in [0, 0.05) is 12.0 Å². The summed E-state index contributed by atoms with van der Waals surface area (Å²) in [5.74, 6) is -0.116. The van der Waals surface area contributed by atoms with Crippen LogP contribution in [-0.4, -0.2) is 18.8 Å². The molecule has 2 aromatic carbocycles. The van der Waals surface area contributed by atoms with Gasteiger partial charge < -0.3 is 5.32 Å². The zero-order valence-electron chi connectivity index (χ0n) is 11.8. The molecule has 1 N–H and O–H groups in total. The van der Waals surface area contributed by atoms with Crippen LogP contribution in [0, 0.1) is 0 Å². The lowest BCUT2D eigenvalue weighted by Crippen LogP contribution is -2.39. The Hall–Kier alpha value is -1.81. The summed E-state index contributed by atoms with van der Waals surface area (Å²) in [6.07, 6.45) is -4.20. The summed E-state index contributed by atoms with van der Waals surface area (Å²) in [5.41, 5.74) is 2.01. The smallest absolute Gasteiger partial charge is 0.305 e. The lowest BCUT2D eigenvalue weighted by atomic mass is 9.86. The number of halogens is 3. The predicted molar refractivity (Wildman–Crippen MR) is 78.2 cm³/mol. The highest BCUT2D eigenvalue weighted by atomic mass is 19.4. The van der Waals surface area contributed by atoms with Crippen LogP contribution >= 0.6 is 0 Å². The first-order valence-corrected chi connectivity index (χ1v) is 6.87. The van der Waals surface area contributed by atoms with Gasteiger partial charge in [0.15, 0.2) is 0 Å². The minimum atomic E-state index is -4.20. The molecule has 0 aromatic heterocycles. The van der Waals surface area contributed by atoms with Crippen LogP contribution in [0.1, 0.15) is 24.0 Å². The van der Waals surface area contributed by atoms with E-state index in [2.05, 4.69) is 5.32 Å². The van der Waals surface area contributed by atoms with Gasteiger partial charge in [0.2, 0.25) is 0 Å². The van der Waals surface area contributed by atoms with Crippen molar-refractivity contribution >= 4 is 0 Å². The molecule has 0 aliphatic heterocycles. The zero-order valence-corrected chi connectivity index (χ0v) is 11.8. The van der Waals surface area contributed by atoms with E-state index in [-0.39, 0.29) is 12.0 Å². The van der Waals surface area contributed by atoms with Crippen molar-refractivity contribution in [1.29, 1.82) is 0 Å². The molecule has 21 heavy (non-hydrogen) atoms. The average molecular weight is 293 g/mol. The van der Waals surface area contributed by atoms with Crippen LogP contribution in [0.2, 0.25) is 0 Å². The SMILES string of the molecule is CC(NCC(F)(F)F)C(c1ccccc1)c1ccccc1. The topological polar surface area (TPSA) is 12.0 Å². The van der Waals surface area contributed by atoms with Crippen molar-refractivity contribution in [3.63, 3.8) is 0 Å². The molecule has 2 rings (SSSR count). The van der Waals surface area contributed by atoms with E-state index in [9.17, 15) is 13.2 Å². The largest absolute Gasteiger partial charge is 0.401 e. The second-order valence-electron chi connectivity index (χ2n) is 5.08. The predicted octanol–water partition coefficient (Wildman–Crippen LogP) is 4.36. The normalized spacial score (nSPS) is 13.4. The number of nitrogens with one attached hydrogen (secondary N) is 1. The minimum Gasteiger partial charge on any atom is -0.305 e. The maximum absolute atomic E-state index is 12.4. The molecule has 0 fully saturated rings. The van der Waals surface area contributed by atoms with Gasteiger partial charge >= 0.3 is 6.18 Å². The van der Waals surface area contributed by atoms with Crippen LogP contribution in [0.3, 0.4) is 0 Å². The highest BCUT2D eigenvalue weighted by molar-refractivity contribution is 5.34. The number of benzene rings is 2. The summed E-state index contributed by atoms with van der Waals surface area (Å²) in [6, 6.07) is 18.9. The molecule has 0 saturated carbocycles. The molecule has 0 radical (unpaired) electrons. The van der Waals surface area contributed by atoms with Crippen LogP contribution in [0.25, 0.3) is 0 Å². The number of hydrogen-bond acceptors (Lipinski definition) is 1. The van der Waals surface area contributed by atoms with Crippen LogP contribution in [0.5, 0.6) is 0 Å². The van der Waals surface area contributed by atoms with E-state index in [4.69, 9.17) is 0 Å². The first kappa shape index (κ1) is 15.6. The molecule has 0 saturated heterocycles. The standard InChI is InChI=1S/C17H18F3N/c1-13(21-12-17(18,19)20)16(14-8-4-2-5-9-14)15-10-6-3-7-11-15/h2-11,13,16,21H,12H2,1H3. The van der Waals surface area contributed by atoms with Crippen molar-refractivity contribution in [3.8, 4) is 0 Å². The van der Waals surface area contributed by atoms with Crippen molar-refractivity contribution in [3.05, 3.63) is 71.8 Å². The van der Waals surface area contributed by atoms with Gasteiger partial charge in [0.05, 0.1) is 6.54 Å². The molecule has 2 aromatic rings. The summed E-state index contributed by atoms with van der Waals surface area (Å²) < 4.78 is 37.3. The lowest BCUT2D eigenvalue weighted by molar-refractivity contribution is -0.126. The third-order valence-electron chi connectivity index (χ3n) is 3.44. The fourth-order valence-electron chi connectivity index (χ4n) is 2.49. The maximum Gasteiger partial charge on any atom is 0.401 e. The van der Waals surface area contributed by atoms with Gasteiger partial charge in [-0.3, -0.25) is 0 Å². The molecule has 0 bridgehead atoms. The number of rotatable bonds is 5. The monoisotopic (exact) mass is 293 g/mol. The Morgan fingerprint density at radius 3 is 1.67 bits per heavy atom. The summed E-state index contributed by atoms with van der Waals surface area (Å²) in [4.78, 5) is 0. The van der Waals surface area contributed by atoms with E-state index in [1.165, 1.54) is 0 Å². The summed E-state index contributed by atoms with van der Waals surface area (Å²) >= 11 is 0. The maximum atomic E-state index is 12.4. The van der Waals surface area contributed by atoms with E-state index >= 15 is 0 Å². The van der Waals surface area contributed by atoms with Gasteiger partial charge in [0.1, 0.15) is 0 Å². The van der Waals surface area contributed by atoms with E-state index in [1.54, 1.807) is 6.92 Å². The molecule has 0 aliphatic carbocycles. The Kier molecular flexibility index (Phi) is 5.02. The molecule has 1 atom stereocenters. The molecule has 0 heterocycles. The second-order valence-corrected chi connectivity index (χ2v) is 5.08. The van der Waals surface area contributed by atoms with Gasteiger partial charge in [-0.1, -0.05) is 60.7 Å².